The number of nitrogens with two attached hydrogens (primary N) is 1. The zero-order chi connectivity index (χ0) is 13.3. The van der Waals surface area contributed by atoms with Gasteiger partial charge in [0.1, 0.15) is 5.82 Å². The lowest BCUT2D eigenvalue weighted by Crippen LogP contribution is -2.18. The van der Waals surface area contributed by atoms with Gasteiger partial charge in [0, 0.05) is 12.1 Å². The van der Waals surface area contributed by atoms with Crippen LogP contribution in [0.1, 0.15) is 33.1 Å². The van der Waals surface area contributed by atoms with Gasteiger partial charge in [-0.3, -0.25) is 10.1 Å². The van der Waals surface area contributed by atoms with Crippen LogP contribution in [0.15, 0.2) is 12.1 Å². The number of pyridine rings is 1. The van der Waals surface area contributed by atoms with Crippen molar-refractivity contribution in [2.24, 2.45) is 5.41 Å². The highest BCUT2D eigenvalue weighted by molar-refractivity contribution is 5.57. The number of aromatic nitrogens is 1. The molecule has 0 aromatic carbocycles. The Morgan fingerprint density at radius 3 is 2.78 bits per heavy atom. The normalized spacial score (nSPS) is 21.8. The van der Waals surface area contributed by atoms with Crippen molar-refractivity contribution in [3.05, 3.63) is 22.2 Å². The molecule has 2 rings (SSSR count). The molecule has 1 aromatic heterocycles. The second-order valence-corrected chi connectivity index (χ2v) is 5.61. The highest BCUT2D eigenvalue weighted by Crippen LogP contribution is 2.38. The zero-order valence-corrected chi connectivity index (χ0v) is 10.6. The molecule has 0 bridgehead atoms. The molecule has 3 N–H and O–H groups in total. The largest absolute Gasteiger partial charge is 0.378 e. The second kappa shape index (κ2) is 4.44. The summed E-state index contributed by atoms with van der Waals surface area (Å²) in [5.41, 5.74) is 5.76. The van der Waals surface area contributed by atoms with Gasteiger partial charge in [-0.1, -0.05) is 13.8 Å². The van der Waals surface area contributed by atoms with Gasteiger partial charge in [-0.25, -0.2) is 4.98 Å². The first kappa shape index (κ1) is 12.6. The van der Waals surface area contributed by atoms with Gasteiger partial charge in [0.2, 0.25) is 5.82 Å². The van der Waals surface area contributed by atoms with Crippen molar-refractivity contribution in [2.45, 2.75) is 39.2 Å². The van der Waals surface area contributed by atoms with Crippen LogP contribution in [0.2, 0.25) is 0 Å². The molecule has 1 aliphatic rings. The van der Waals surface area contributed by atoms with Crippen LogP contribution < -0.4 is 11.1 Å². The summed E-state index contributed by atoms with van der Waals surface area (Å²) in [5.74, 6) is 0.572. The number of nitrogens with zero attached hydrogens (tertiary/aromatic N) is 2. The fourth-order valence-electron chi connectivity index (χ4n) is 2.47. The minimum absolute atomic E-state index is 0.0396. The van der Waals surface area contributed by atoms with E-state index in [1.807, 2.05) is 0 Å². The third-order valence-electron chi connectivity index (χ3n) is 3.42. The van der Waals surface area contributed by atoms with Crippen LogP contribution in [0, 0.1) is 15.5 Å². The number of nitrogens with one attached hydrogen (secondary N) is 1. The fourth-order valence-corrected chi connectivity index (χ4v) is 2.47. The zero-order valence-electron chi connectivity index (χ0n) is 10.6. The second-order valence-electron chi connectivity index (χ2n) is 5.61. The molecule has 0 radical (unpaired) electrons. The van der Waals surface area contributed by atoms with Gasteiger partial charge in [0.05, 0.1) is 4.92 Å². The van der Waals surface area contributed by atoms with Gasteiger partial charge in [-0.15, -0.1) is 0 Å². The number of anilines is 2. The van der Waals surface area contributed by atoms with E-state index < -0.39 is 4.92 Å². The van der Waals surface area contributed by atoms with Gasteiger partial charge in [0.15, 0.2) is 0 Å². The summed E-state index contributed by atoms with van der Waals surface area (Å²) in [6.07, 6.45) is 3.34. The molecular formula is C12H18N4O2. The number of hydrogen-bond acceptors (Lipinski definition) is 5. The van der Waals surface area contributed by atoms with E-state index in [4.69, 9.17) is 5.73 Å². The van der Waals surface area contributed by atoms with Crippen molar-refractivity contribution < 1.29 is 4.92 Å². The van der Waals surface area contributed by atoms with Crippen LogP contribution in [0.25, 0.3) is 0 Å². The summed E-state index contributed by atoms with van der Waals surface area (Å²) in [5, 5.41) is 13.9. The first-order valence-corrected chi connectivity index (χ1v) is 6.05. The van der Waals surface area contributed by atoms with E-state index in [9.17, 15) is 10.1 Å². The maximum Gasteiger partial charge on any atom is 0.311 e. The minimum Gasteiger partial charge on any atom is -0.378 e. The molecular weight excluding hydrogens is 232 g/mol. The summed E-state index contributed by atoms with van der Waals surface area (Å²) in [6.45, 7) is 4.48. The number of nitro groups is 1. The topological polar surface area (TPSA) is 94.1 Å². The molecule has 1 unspecified atom stereocenters. The van der Waals surface area contributed by atoms with Crippen molar-refractivity contribution in [3.8, 4) is 0 Å². The van der Waals surface area contributed by atoms with Crippen LogP contribution in [0.5, 0.6) is 0 Å². The highest BCUT2D eigenvalue weighted by atomic mass is 16.6. The molecule has 0 spiro atoms. The summed E-state index contributed by atoms with van der Waals surface area (Å²) in [6, 6.07) is 3.37. The Morgan fingerprint density at radius 1 is 1.56 bits per heavy atom. The number of hydrogen-bond donors (Lipinski definition) is 2. The lowest BCUT2D eigenvalue weighted by Gasteiger charge is -2.18. The highest BCUT2D eigenvalue weighted by Gasteiger charge is 2.31. The molecule has 1 atom stereocenters. The van der Waals surface area contributed by atoms with Crippen molar-refractivity contribution in [1.82, 2.24) is 4.98 Å². The van der Waals surface area contributed by atoms with Gasteiger partial charge in [-0.2, -0.15) is 0 Å². The van der Waals surface area contributed by atoms with Crippen molar-refractivity contribution in [1.29, 1.82) is 0 Å². The first-order valence-electron chi connectivity index (χ1n) is 6.05. The molecule has 0 saturated heterocycles. The molecule has 0 amide bonds. The van der Waals surface area contributed by atoms with E-state index in [1.54, 1.807) is 6.07 Å². The Hall–Kier alpha value is -1.85. The Kier molecular flexibility index (Phi) is 3.11. The third-order valence-corrected chi connectivity index (χ3v) is 3.42. The quantitative estimate of drug-likeness (QED) is 0.635. The molecule has 1 aromatic rings. The average Bonchev–Trinajstić information content (AvgIpc) is 2.57. The smallest absolute Gasteiger partial charge is 0.311 e. The molecule has 18 heavy (non-hydrogen) atoms. The first-order chi connectivity index (χ1) is 8.37. The molecule has 1 fully saturated rings. The summed E-state index contributed by atoms with van der Waals surface area (Å²) < 4.78 is 0. The van der Waals surface area contributed by atoms with Crippen LogP contribution in [0.4, 0.5) is 17.3 Å². The minimum atomic E-state index is -0.523. The Bertz CT molecular complexity index is 473. The van der Waals surface area contributed by atoms with E-state index in [0.717, 1.165) is 12.8 Å². The van der Waals surface area contributed by atoms with Crippen molar-refractivity contribution >= 4 is 17.3 Å². The van der Waals surface area contributed by atoms with Crippen LogP contribution >= 0.6 is 0 Å². The van der Waals surface area contributed by atoms with Crippen molar-refractivity contribution in [2.75, 3.05) is 11.1 Å². The Morgan fingerprint density at radius 2 is 2.28 bits per heavy atom. The molecule has 1 aliphatic carbocycles. The molecule has 0 aliphatic heterocycles. The lowest BCUT2D eigenvalue weighted by atomic mass is 9.92. The van der Waals surface area contributed by atoms with Crippen LogP contribution in [-0.2, 0) is 0 Å². The van der Waals surface area contributed by atoms with Crippen LogP contribution in [-0.4, -0.2) is 15.9 Å². The predicted molar refractivity (Wildman–Crippen MR) is 70.3 cm³/mol. The van der Waals surface area contributed by atoms with Gasteiger partial charge in [-0.05, 0) is 30.7 Å². The van der Waals surface area contributed by atoms with E-state index in [-0.39, 0.29) is 11.5 Å². The number of rotatable bonds is 3. The van der Waals surface area contributed by atoms with Gasteiger partial charge >= 0.3 is 5.69 Å². The maximum absolute atomic E-state index is 10.6. The van der Waals surface area contributed by atoms with Gasteiger partial charge in [0.25, 0.3) is 0 Å². The summed E-state index contributed by atoms with van der Waals surface area (Å²) in [7, 11) is 0. The van der Waals surface area contributed by atoms with E-state index >= 15 is 0 Å². The van der Waals surface area contributed by atoms with E-state index in [1.165, 1.54) is 12.5 Å². The SMILES string of the molecule is CC1(C)CCC(Nc2ccc([N+](=O)[O-])c(N)n2)C1. The molecule has 6 nitrogen and oxygen atoms in total. The van der Waals surface area contributed by atoms with Crippen LogP contribution in [0.3, 0.4) is 0 Å². The molecule has 98 valence electrons. The lowest BCUT2D eigenvalue weighted by molar-refractivity contribution is -0.384. The van der Waals surface area contributed by atoms with Gasteiger partial charge < -0.3 is 11.1 Å². The predicted octanol–water partition coefficient (Wildman–Crippen LogP) is 2.56. The number of nitrogen functional groups attached to an aromatic ring is 1. The monoisotopic (exact) mass is 250 g/mol. The standard InChI is InChI=1S/C12H18N4O2/c1-12(2)6-5-8(7-12)14-10-4-3-9(16(17)18)11(13)15-10/h3-4,8H,5-7H2,1-2H3,(H3,13,14,15). The summed E-state index contributed by atoms with van der Waals surface area (Å²) in [4.78, 5) is 14.1. The molecule has 6 heteroatoms. The third kappa shape index (κ3) is 2.69. The fraction of sp³-hybridized carbons (Fsp3) is 0.583. The molecule has 1 saturated carbocycles. The van der Waals surface area contributed by atoms with E-state index in [0.29, 0.717) is 17.3 Å². The molecule has 1 heterocycles. The maximum atomic E-state index is 10.6. The average molecular weight is 250 g/mol. The Labute approximate surface area is 106 Å². The Balaban J connectivity index is 2.07. The van der Waals surface area contributed by atoms with E-state index in [2.05, 4.69) is 24.1 Å². The summed E-state index contributed by atoms with van der Waals surface area (Å²) >= 11 is 0. The van der Waals surface area contributed by atoms with Crippen molar-refractivity contribution in [3.63, 3.8) is 0 Å².